The van der Waals surface area contributed by atoms with Crippen molar-refractivity contribution in [3.8, 4) is 0 Å². The Labute approximate surface area is 161 Å². The molecule has 1 unspecified atom stereocenters. The Hall–Kier alpha value is -2.01. The molecule has 0 bridgehead atoms. The van der Waals surface area contributed by atoms with Crippen molar-refractivity contribution in [2.75, 3.05) is 39.8 Å². The quantitative estimate of drug-likeness (QED) is 0.825. The molecule has 1 atom stereocenters. The Kier molecular flexibility index (Phi) is 5.39. The molecule has 1 aromatic heterocycles. The van der Waals surface area contributed by atoms with Gasteiger partial charge >= 0.3 is 6.09 Å². The summed E-state index contributed by atoms with van der Waals surface area (Å²) in [6, 6.07) is 8.75. The number of amides is 1. The summed E-state index contributed by atoms with van der Waals surface area (Å²) in [5.74, 6) is 1.23. The van der Waals surface area contributed by atoms with Crippen LogP contribution in [-0.4, -0.2) is 60.3 Å². The summed E-state index contributed by atoms with van der Waals surface area (Å²) < 4.78 is 7.16. The van der Waals surface area contributed by atoms with Crippen LogP contribution in [0.1, 0.15) is 37.2 Å². The third-order valence-corrected chi connectivity index (χ3v) is 6.42. The van der Waals surface area contributed by atoms with Gasteiger partial charge in [0.15, 0.2) is 0 Å². The fourth-order valence-corrected chi connectivity index (χ4v) is 5.00. The van der Waals surface area contributed by atoms with Crippen molar-refractivity contribution in [1.29, 1.82) is 0 Å². The van der Waals surface area contributed by atoms with E-state index < -0.39 is 0 Å². The minimum atomic E-state index is -0.172. The minimum Gasteiger partial charge on any atom is -0.453 e. The number of likely N-dealkylation sites (tertiary alicyclic amines) is 2. The Morgan fingerprint density at radius 3 is 2.70 bits per heavy atom. The van der Waals surface area contributed by atoms with Crippen molar-refractivity contribution in [3.63, 3.8) is 0 Å². The van der Waals surface area contributed by atoms with Crippen LogP contribution in [0.4, 0.5) is 4.79 Å². The van der Waals surface area contributed by atoms with Gasteiger partial charge in [0.25, 0.3) is 0 Å². The Morgan fingerprint density at radius 2 is 1.93 bits per heavy atom. The molecule has 0 aliphatic carbocycles. The van der Waals surface area contributed by atoms with E-state index in [1.54, 1.807) is 0 Å². The Balaban J connectivity index is 1.34. The number of aryl methyl sites for hydroxylation is 1. The average Bonchev–Trinajstić information content (AvgIpc) is 3.05. The molecule has 2 aliphatic rings. The summed E-state index contributed by atoms with van der Waals surface area (Å²) in [4.78, 5) is 16.3. The van der Waals surface area contributed by atoms with Gasteiger partial charge in [-0.3, -0.25) is 0 Å². The first-order valence-corrected chi connectivity index (χ1v) is 10.2. The van der Waals surface area contributed by atoms with Crippen LogP contribution in [0.15, 0.2) is 30.5 Å². The molecular weight excluding hydrogens is 338 g/mol. The van der Waals surface area contributed by atoms with Crippen LogP contribution in [0.2, 0.25) is 0 Å². The van der Waals surface area contributed by atoms with Gasteiger partial charge in [-0.05, 0) is 62.2 Å². The number of fused-ring (bicyclic) bond motifs is 1. The number of benzene rings is 1. The molecule has 0 radical (unpaired) electrons. The number of aromatic nitrogens is 1. The Morgan fingerprint density at radius 1 is 1.15 bits per heavy atom. The number of carbonyl (C=O) groups excluding carboxylic acids is 1. The van der Waals surface area contributed by atoms with Crippen molar-refractivity contribution < 1.29 is 9.53 Å². The van der Waals surface area contributed by atoms with Crippen LogP contribution in [0.3, 0.4) is 0 Å². The number of piperidine rings is 2. The zero-order valence-electron chi connectivity index (χ0n) is 16.6. The molecule has 2 aromatic rings. The van der Waals surface area contributed by atoms with Gasteiger partial charge < -0.3 is 19.1 Å². The topological polar surface area (TPSA) is 37.7 Å². The van der Waals surface area contributed by atoms with Crippen LogP contribution >= 0.6 is 0 Å². The molecule has 0 spiro atoms. The maximum absolute atomic E-state index is 11.8. The average molecular weight is 370 g/mol. The van der Waals surface area contributed by atoms with Gasteiger partial charge in [-0.1, -0.05) is 18.2 Å². The lowest BCUT2D eigenvalue weighted by Gasteiger charge is -2.37. The largest absolute Gasteiger partial charge is 0.453 e. The van der Waals surface area contributed by atoms with E-state index in [4.69, 9.17) is 4.74 Å². The van der Waals surface area contributed by atoms with E-state index in [9.17, 15) is 4.79 Å². The lowest BCUT2D eigenvalue weighted by molar-refractivity contribution is 0.0877. The second kappa shape index (κ2) is 7.93. The SMILES string of the molecule is COC(=O)N1CCCC(CN2CCC(c3cn(C)c4ccccc34)CC2)C1. The first kappa shape index (κ1) is 18.4. The van der Waals surface area contributed by atoms with Gasteiger partial charge in [-0.25, -0.2) is 4.79 Å². The number of nitrogens with zero attached hydrogens (tertiary/aromatic N) is 3. The minimum absolute atomic E-state index is 0.172. The predicted octanol–water partition coefficient (Wildman–Crippen LogP) is 3.84. The summed E-state index contributed by atoms with van der Waals surface area (Å²) in [6.07, 6.45) is 6.92. The third kappa shape index (κ3) is 3.84. The molecule has 0 saturated carbocycles. The van der Waals surface area contributed by atoms with Crippen LogP contribution in [-0.2, 0) is 11.8 Å². The second-order valence-electron chi connectivity index (χ2n) is 8.21. The van der Waals surface area contributed by atoms with Crippen LogP contribution in [0.25, 0.3) is 10.9 Å². The highest BCUT2D eigenvalue weighted by molar-refractivity contribution is 5.84. The summed E-state index contributed by atoms with van der Waals surface area (Å²) in [5.41, 5.74) is 2.85. The summed E-state index contributed by atoms with van der Waals surface area (Å²) in [7, 11) is 3.63. The van der Waals surface area contributed by atoms with E-state index in [2.05, 4.69) is 47.0 Å². The standard InChI is InChI=1S/C22H31N3O2/c1-23-16-20(19-7-3-4-8-21(19)23)18-9-12-24(13-10-18)14-17-6-5-11-25(15-17)22(26)27-2/h3-4,7-8,16-18H,5-6,9-15H2,1-2H3. The monoisotopic (exact) mass is 369 g/mol. The van der Waals surface area contributed by atoms with Crippen molar-refractivity contribution in [3.05, 3.63) is 36.0 Å². The first-order chi connectivity index (χ1) is 13.2. The molecule has 146 valence electrons. The third-order valence-electron chi connectivity index (χ3n) is 6.42. The van der Waals surface area contributed by atoms with Crippen molar-refractivity contribution in [1.82, 2.24) is 14.4 Å². The highest BCUT2D eigenvalue weighted by Gasteiger charge is 2.28. The van der Waals surface area contributed by atoms with Crippen molar-refractivity contribution >= 4 is 17.0 Å². The zero-order chi connectivity index (χ0) is 18.8. The number of hydrogen-bond acceptors (Lipinski definition) is 3. The molecule has 1 amide bonds. The van der Waals surface area contributed by atoms with Gasteiger partial charge in [0.2, 0.25) is 0 Å². The van der Waals surface area contributed by atoms with E-state index in [-0.39, 0.29) is 6.09 Å². The van der Waals surface area contributed by atoms with Gasteiger partial charge in [0.05, 0.1) is 7.11 Å². The molecule has 0 N–H and O–H groups in total. The fourth-order valence-electron chi connectivity index (χ4n) is 5.00. The molecule has 2 fully saturated rings. The van der Waals surface area contributed by atoms with E-state index >= 15 is 0 Å². The van der Waals surface area contributed by atoms with Crippen molar-refractivity contribution in [2.24, 2.45) is 13.0 Å². The number of carbonyl (C=O) groups is 1. The van der Waals surface area contributed by atoms with E-state index in [0.717, 1.165) is 39.1 Å². The number of para-hydroxylation sites is 1. The zero-order valence-corrected chi connectivity index (χ0v) is 16.6. The molecule has 4 rings (SSSR count). The smallest absolute Gasteiger partial charge is 0.409 e. The summed E-state index contributed by atoms with van der Waals surface area (Å²) >= 11 is 0. The van der Waals surface area contributed by atoms with Gasteiger partial charge in [0, 0.05) is 43.8 Å². The van der Waals surface area contributed by atoms with Crippen LogP contribution < -0.4 is 0 Å². The number of methoxy groups -OCH3 is 1. The highest BCUT2D eigenvalue weighted by atomic mass is 16.5. The molecule has 2 saturated heterocycles. The lowest BCUT2D eigenvalue weighted by atomic mass is 9.88. The second-order valence-corrected chi connectivity index (χ2v) is 8.21. The van der Waals surface area contributed by atoms with E-state index in [1.165, 1.54) is 42.8 Å². The van der Waals surface area contributed by atoms with Crippen molar-refractivity contribution in [2.45, 2.75) is 31.6 Å². The number of rotatable bonds is 3. The first-order valence-electron chi connectivity index (χ1n) is 10.2. The Bertz CT molecular complexity index is 792. The maximum Gasteiger partial charge on any atom is 0.409 e. The lowest BCUT2D eigenvalue weighted by Crippen LogP contribution is -2.45. The maximum atomic E-state index is 11.8. The molecule has 2 aliphatic heterocycles. The molecule has 5 nitrogen and oxygen atoms in total. The normalized spacial score (nSPS) is 22.3. The van der Waals surface area contributed by atoms with Crippen LogP contribution in [0, 0.1) is 5.92 Å². The van der Waals surface area contributed by atoms with Crippen LogP contribution in [0.5, 0.6) is 0 Å². The highest BCUT2D eigenvalue weighted by Crippen LogP contribution is 2.34. The summed E-state index contributed by atoms with van der Waals surface area (Å²) in [5, 5.41) is 1.42. The molecule has 3 heterocycles. The summed E-state index contributed by atoms with van der Waals surface area (Å²) in [6.45, 7) is 5.10. The molecule has 27 heavy (non-hydrogen) atoms. The molecular formula is C22H31N3O2. The predicted molar refractivity (Wildman–Crippen MR) is 108 cm³/mol. The molecule has 1 aromatic carbocycles. The van der Waals surface area contributed by atoms with E-state index in [1.807, 2.05) is 4.90 Å². The number of ether oxygens (including phenoxy) is 1. The number of hydrogen-bond donors (Lipinski definition) is 0. The van der Waals surface area contributed by atoms with Gasteiger partial charge in [0.1, 0.15) is 0 Å². The van der Waals surface area contributed by atoms with Gasteiger partial charge in [-0.15, -0.1) is 0 Å². The fraction of sp³-hybridized carbons (Fsp3) is 0.591. The van der Waals surface area contributed by atoms with E-state index in [0.29, 0.717) is 11.8 Å². The van der Waals surface area contributed by atoms with Gasteiger partial charge in [-0.2, -0.15) is 0 Å². The molecule has 5 heteroatoms.